The van der Waals surface area contributed by atoms with Gasteiger partial charge in [-0.1, -0.05) is 5.16 Å². The predicted molar refractivity (Wildman–Crippen MR) is 53.0 cm³/mol. The largest absolute Gasteiger partial charge is 0.464 e. The minimum absolute atomic E-state index is 0.155. The summed E-state index contributed by atoms with van der Waals surface area (Å²) in [5.41, 5.74) is 5.90. The summed E-state index contributed by atoms with van der Waals surface area (Å²) < 4.78 is 9.17. The van der Waals surface area contributed by atoms with E-state index < -0.39 is 17.9 Å². The minimum atomic E-state index is -1.31. The molecule has 7 nitrogen and oxygen atoms in total. The van der Waals surface area contributed by atoms with Crippen molar-refractivity contribution in [1.29, 1.82) is 0 Å². The summed E-state index contributed by atoms with van der Waals surface area (Å²) in [5, 5.41) is 6.02. The zero-order chi connectivity index (χ0) is 12.0. The summed E-state index contributed by atoms with van der Waals surface area (Å²) in [4.78, 5) is 22.5. The molecule has 1 unspecified atom stereocenters. The van der Waals surface area contributed by atoms with Gasteiger partial charge in [0, 0.05) is 6.07 Å². The van der Waals surface area contributed by atoms with Crippen LogP contribution in [-0.2, 0) is 20.9 Å². The van der Waals surface area contributed by atoms with Gasteiger partial charge in [0.15, 0.2) is 6.04 Å². The fourth-order valence-electron chi connectivity index (χ4n) is 0.955. The van der Waals surface area contributed by atoms with Crippen LogP contribution in [0.1, 0.15) is 12.6 Å². The minimum Gasteiger partial charge on any atom is -0.464 e. The van der Waals surface area contributed by atoms with E-state index in [0.717, 1.165) is 0 Å². The molecular weight excluding hydrogens is 214 g/mol. The second kappa shape index (κ2) is 5.86. The zero-order valence-corrected chi connectivity index (χ0v) is 8.80. The van der Waals surface area contributed by atoms with Crippen LogP contribution in [0, 0.1) is 0 Å². The second-order valence-electron chi connectivity index (χ2n) is 2.94. The van der Waals surface area contributed by atoms with Crippen LogP contribution in [0.5, 0.6) is 0 Å². The van der Waals surface area contributed by atoms with Crippen molar-refractivity contribution in [2.24, 2.45) is 5.73 Å². The quantitative estimate of drug-likeness (QED) is 0.502. The topological polar surface area (TPSA) is 107 Å². The third-order valence-corrected chi connectivity index (χ3v) is 1.76. The first-order valence-corrected chi connectivity index (χ1v) is 4.74. The molecule has 0 bridgehead atoms. The summed E-state index contributed by atoms with van der Waals surface area (Å²) in [6, 6.07) is 0.280. The number of hydrogen-bond donors (Lipinski definition) is 2. The molecule has 1 heterocycles. The smallest absolute Gasteiger partial charge is 0.332 e. The van der Waals surface area contributed by atoms with Crippen molar-refractivity contribution < 1.29 is 18.8 Å². The maximum absolute atomic E-state index is 11.4. The molecule has 0 aliphatic heterocycles. The number of nitrogens with one attached hydrogen (secondary N) is 1. The maximum atomic E-state index is 11.4. The molecular formula is C9H13N3O4. The molecule has 0 aromatic carbocycles. The Kier molecular flexibility index (Phi) is 4.46. The van der Waals surface area contributed by atoms with Crippen LogP contribution in [0.4, 0.5) is 0 Å². The molecule has 1 amide bonds. The molecule has 0 spiro atoms. The number of amides is 1. The highest BCUT2D eigenvalue weighted by atomic mass is 16.5. The zero-order valence-electron chi connectivity index (χ0n) is 8.80. The summed E-state index contributed by atoms with van der Waals surface area (Å²) in [7, 11) is 0. The van der Waals surface area contributed by atoms with Crippen LogP contribution in [0.2, 0.25) is 0 Å². The molecule has 0 saturated heterocycles. The number of nitrogens with zero attached hydrogens (tertiary/aromatic N) is 1. The van der Waals surface area contributed by atoms with Crippen LogP contribution in [-0.4, -0.2) is 29.7 Å². The Balaban J connectivity index is 2.37. The molecule has 7 heteroatoms. The number of ether oxygens (including phenoxy) is 1. The van der Waals surface area contributed by atoms with Gasteiger partial charge in [-0.3, -0.25) is 4.79 Å². The fourth-order valence-corrected chi connectivity index (χ4v) is 0.955. The summed E-state index contributed by atoms with van der Waals surface area (Å²) in [5.74, 6) is -1.36. The van der Waals surface area contributed by atoms with Gasteiger partial charge < -0.3 is 20.3 Å². The SMILES string of the molecule is CCOC(=O)C(N)C(=O)NCc1ccon1. The first kappa shape index (κ1) is 12.2. The molecule has 1 atom stereocenters. The molecule has 1 aromatic heterocycles. The van der Waals surface area contributed by atoms with E-state index in [0.29, 0.717) is 5.69 Å². The molecule has 16 heavy (non-hydrogen) atoms. The molecule has 0 radical (unpaired) electrons. The van der Waals surface area contributed by atoms with E-state index in [1.165, 1.54) is 6.26 Å². The van der Waals surface area contributed by atoms with Crippen molar-refractivity contribution in [2.45, 2.75) is 19.5 Å². The van der Waals surface area contributed by atoms with Gasteiger partial charge in [-0.05, 0) is 6.92 Å². The van der Waals surface area contributed by atoms with Crippen molar-refractivity contribution >= 4 is 11.9 Å². The summed E-state index contributed by atoms with van der Waals surface area (Å²) in [6.07, 6.45) is 1.38. The molecule has 88 valence electrons. The lowest BCUT2D eigenvalue weighted by atomic mass is 10.3. The third kappa shape index (κ3) is 3.35. The van der Waals surface area contributed by atoms with E-state index >= 15 is 0 Å². The van der Waals surface area contributed by atoms with E-state index in [-0.39, 0.29) is 13.2 Å². The second-order valence-corrected chi connectivity index (χ2v) is 2.94. The average molecular weight is 227 g/mol. The van der Waals surface area contributed by atoms with E-state index in [9.17, 15) is 9.59 Å². The third-order valence-electron chi connectivity index (χ3n) is 1.76. The fraction of sp³-hybridized carbons (Fsp3) is 0.444. The number of rotatable bonds is 5. The van der Waals surface area contributed by atoms with E-state index in [1.54, 1.807) is 13.0 Å². The number of hydrogen-bond acceptors (Lipinski definition) is 6. The van der Waals surface area contributed by atoms with Gasteiger partial charge in [-0.2, -0.15) is 0 Å². The van der Waals surface area contributed by atoms with Crippen molar-refractivity contribution in [3.63, 3.8) is 0 Å². The Bertz CT molecular complexity index is 350. The molecule has 1 rings (SSSR count). The van der Waals surface area contributed by atoms with Crippen molar-refractivity contribution in [1.82, 2.24) is 10.5 Å². The van der Waals surface area contributed by atoms with E-state index in [4.69, 9.17) is 5.73 Å². The lowest BCUT2D eigenvalue weighted by molar-refractivity contribution is -0.148. The van der Waals surface area contributed by atoms with Gasteiger partial charge in [-0.15, -0.1) is 0 Å². The van der Waals surface area contributed by atoms with E-state index in [2.05, 4.69) is 19.7 Å². The van der Waals surface area contributed by atoms with Crippen LogP contribution in [0.25, 0.3) is 0 Å². The first-order chi connectivity index (χ1) is 7.65. The van der Waals surface area contributed by atoms with Crippen LogP contribution in [0.3, 0.4) is 0 Å². The van der Waals surface area contributed by atoms with Crippen molar-refractivity contribution in [3.8, 4) is 0 Å². The lowest BCUT2D eigenvalue weighted by Crippen LogP contribution is -2.46. The van der Waals surface area contributed by atoms with Gasteiger partial charge >= 0.3 is 5.97 Å². The van der Waals surface area contributed by atoms with Crippen molar-refractivity contribution in [2.75, 3.05) is 6.61 Å². The van der Waals surface area contributed by atoms with Crippen molar-refractivity contribution in [3.05, 3.63) is 18.0 Å². The van der Waals surface area contributed by atoms with Crippen LogP contribution in [0.15, 0.2) is 16.9 Å². The van der Waals surface area contributed by atoms with Gasteiger partial charge in [0.05, 0.1) is 13.2 Å². The van der Waals surface area contributed by atoms with Gasteiger partial charge in [0.2, 0.25) is 5.91 Å². The number of nitrogens with two attached hydrogens (primary N) is 1. The van der Waals surface area contributed by atoms with Crippen LogP contribution >= 0.6 is 0 Å². The van der Waals surface area contributed by atoms with Crippen LogP contribution < -0.4 is 11.1 Å². The average Bonchev–Trinajstić information content (AvgIpc) is 2.78. The Morgan fingerprint density at radius 2 is 2.44 bits per heavy atom. The predicted octanol–water partition coefficient (Wildman–Crippen LogP) is -0.819. The lowest BCUT2D eigenvalue weighted by Gasteiger charge is -2.09. The molecule has 0 aliphatic carbocycles. The Morgan fingerprint density at radius 3 is 3.00 bits per heavy atom. The number of aromatic nitrogens is 1. The van der Waals surface area contributed by atoms with Gasteiger partial charge in [0.1, 0.15) is 12.0 Å². The number of carbonyl (C=O) groups excluding carboxylic acids is 2. The van der Waals surface area contributed by atoms with Gasteiger partial charge in [-0.25, -0.2) is 4.79 Å². The highest BCUT2D eigenvalue weighted by molar-refractivity contribution is 6.01. The Morgan fingerprint density at radius 1 is 1.69 bits per heavy atom. The highest BCUT2D eigenvalue weighted by Crippen LogP contribution is 1.94. The maximum Gasteiger partial charge on any atom is 0.332 e. The molecule has 0 fully saturated rings. The van der Waals surface area contributed by atoms with E-state index in [1.807, 2.05) is 0 Å². The molecule has 0 aliphatic rings. The molecule has 3 N–H and O–H groups in total. The molecule has 0 saturated carbocycles. The number of carbonyl (C=O) groups is 2. The normalized spacial score (nSPS) is 11.9. The van der Waals surface area contributed by atoms with Gasteiger partial charge in [0.25, 0.3) is 0 Å². The summed E-state index contributed by atoms with van der Waals surface area (Å²) >= 11 is 0. The Labute approximate surface area is 91.9 Å². The standard InChI is InChI=1S/C9H13N3O4/c1-2-15-9(14)7(10)8(13)11-5-6-3-4-16-12-6/h3-4,7H,2,5,10H2,1H3,(H,11,13). The highest BCUT2D eigenvalue weighted by Gasteiger charge is 2.22. The molecule has 1 aromatic rings. The number of esters is 1. The summed E-state index contributed by atoms with van der Waals surface area (Å²) in [6.45, 7) is 1.98. The monoisotopic (exact) mass is 227 g/mol. The Hall–Kier alpha value is -1.89. The first-order valence-electron chi connectivity index (χ1n) is 4.74.